The average Bonchev–Trinajstić information content (AvgIpc) is 2.57. The van der Waals surface area contributed by atoms with E-state index in [9.17, 15) is 15.3 Å². The Morgan fingerprint density at radius 3 is 2.62 bits per heavy atom. The fraction of sp³-hybridized carbons (Fsp3) is 0.429. The van der Waals surface area contributed by atoms with E-state index < -0.39 is 37.3 Å². The summed E-state index contributed by atoms with van der Waals surface area (Å²) in [5.74, 6) is 0. The van der Waals surface area contributed by atoms with Crippen LogP contribution in [0.25, 0.3) is 0 Å². The van der Waals surface area contributed by atoms with Crippen LogP contribution < -0.4 is 10.7 Å². The smallest absolute Gasteiger partial charge is 0.189 e. The van der Waals surface area contributed by atoms with Gasteiger partial charge in [0, 0.05) is 10.6 Å². The Bertz CT molecular complexity index is 604. The molecule has 5 atom stereocenters. The van der Waals surface area contributed by atoms with Gasteiger partial charge < -0.3 is 30.5 Å². The summed E-state index contributed by atoms with van der Waals surface area (Å²) in [7, 11) is 0. The normalized spacial score (nSPS) is 30.3. The number of ether oxygens (including phenoxy) is 1. The van der Waals surface area contributed by atoms with Crippen LogP contribution in [-0.2, 0) is 4.74 Å². The lowest BCUT2D eigenvalue weighted by Gasteiger charge is -2.40. The highest BCUT2D eigenvalue weighted by molar-refractivity contribution is 7.80. The molecular formula is C14H18ClN3O5S. The number of halogens is 1. The molecule has 1 aromatic rings. The van der Waals surface area contributed by atoms with Crippen molar-refractivity contribution in [3.05, 3.63) is 34.9 Å². The molecule has 24 heavy (non-hydrogen) atoms. The maximum absolute atomic E-state index is 9.89. The Balaban J connectivity index is 1.91. The zero-order valence-corrected chi connectivity index (χ0v) is 14.0. The first-order chi connectivity index (χ1) is 11.4. The van der Waals surface area contributed by atoms with Gasteiger partial charge in [-0.15, -0.1) is 0 Å². The summed E-state index contributed by atoms with van der Waals surface area (Å²) < 4.78 is 5.26. The van der Waals surface area contributed by atoms with Gasteiger partial charge in [-0.25, -0.2) is 0 Å². The predicted molar refractivity (Wildman–Crippen MR) is 91.7 cm³/mol. The van der Waals surface area contributed by atoms with Gasteiger partial charge >= 0.3 is 0 Å². The molecule has 0 radical (unpaired) electrons. The zero-order valence-electron chi connectivity index (χ0n) is 12.4. The van der Waals surface area contributed by atoms with Gasteiger partial charge in [-0.3, -0.25) is 5.43 Å². The molecule has 1 saturated heterocycles. The minimum absolute atomic E-state index is 0.0163. The van der Waals surface area contributed by atoms with Crippen molar-refractivity contribution < 1.29 is 25.2 Å². The topological polar surface area (TPSA) is 127 Å². The summed E-state index contributed by atoms with van der Waals surface area (Å²) in [6.07, 6.45) is -5.02. The monoisotopic (exact) mass is 375 g/mol. The minimum atomic E-state index is -1.48. The first-order valence-corrected chi connectivity index (χ1v) is 7.87. The highest BCUT2D eigenvalue weighted by Gasteiger charge is 2.43. The van der Waals surface area contributed by atoms with Gasteiger partial charge in [0.15, 0.2) is 11.3 Å². The van der Waals surface area contributed by atoms with Crippen LogP contribution in [0.1, 0.15) is 5.56 Å². The molecule has 2 rings (SSSR count). The summed E-state index contributed by atoms with van der Waals surface area (Å²) >= 11 is 11.0. The summed E-state index contributed by atoms with van der Waals surface area (Å²) in [5.41, 5.74) is 3.20. The minimum Gasteiger partial charge on any atom is -0.394 e. The Morgan fingerprint density at radius 1 is 1.25 bits per heavy atom. The van der Waals surface area contributed by atoms with E-state index in [1.807, 2.05) is 0 Å². The second-order valence-corrected chi connectivity index (χ2v) is 5.93. The molecule has 0 aromatic heterocycles. The summed E-state index contributed by atoms with van der Waals surface area (Å²) in [6.45, 7) is -0.520. The van der Waals surface area contributed by atoms with Crippen molar-refractivity contribution >= 4 is 35.1 Å². The lowest BCUT2D eigenvalue weighted by Crippen LogP contribution is -2.63. The van der Waals surface area contributed by atoms with Crippen LogP contribution in [0.2, 0.25) is 5.02 Å². The number of nitrogens with one attached hydrogen (secondary N) is 2. The number of nitrogens with zero attached hydrogens (tertiary/aromatic N) is 1. The molecule has 1 heterocycles. The second-order valence-electron chi connectivity index (χ2n) is 5.11. The zero-order chi connectivity index (χ0) is 17.7. The summed E-state index contributed by atoms with van der Waals surface area (Å²) in [5, 5.41) is 45.5. The molecule has 10 heteroatoms. The molecule has 1 aliphatic heterocycles. The molecule has 1 aromatic carbocycles. The Kier molecular flexibility index (Phi) is 6.87. The molecule has 0 saturated carbocycles. The number of hydrogen-bond acceptors (Lipinski definition) is 7. The molecule has 0 unspecified atom stereocenters. The van der Waals surface area contributed by atoms with Gasteiger partial charge in [0.05, 0.1) is 12.8 Å². The number of benzene rings is 1. The van der Waals surface area contributed by atoms with Crippen molar-refractivity contribution in [2.24, 2.45) is 5.10 Å². The first kappa shape index (κ1) is 19.0. The van der Waals surface area contributed by atoms with Crippen LogP contribution >= 0.6 is 23.8 Å². The molecule has 8 nitrogen and oxygen atoms in total. The van der Waals surface area contributed by atoms with E-state index in [2.05, 4.69) is 15.8 Å². The molecule has 1 fully saturated rings. The van der Waals surface area contributed by atoms with Crippen LogP contribution in [0.5, 0.6) is 0 Å². The van der Waals surface area contributed by atoms with Crippen molar-refractivity contribution in [2.75, 3.05) is 6.61 Å². The van der Waals surface area contributed by atoms with Crippen molar-refractivity contribution in [2.45, 2.75) is 30.6 Å². The molecular weight excluding hydrogens is 358 g/mol. The van der Waals surface area contributed by atoms with Gasteiger partial charge in [0.25, 0.3) is 0 Å². The van der Waals surface area contributed by atoms with Gasteiger partial charge in [-0.1, -0.05) is 29.8 Å². The van der Waals surface area contributed by atoms with E-state index in [1.165, 1.54) is 6.21 Å². The van der Waals surface area contributed by atoms with Gasteiger partial charge in [-0.05, 0) is 18.3 Å². The van der Waals surface area contributed by atoms with Crippen molar-refractivity contribution in [3.63, 3.8) is 0 Å². The molecule has 0 spiro atoms. The quantitative estimate of drug-likeness (QED) is 0.223. The number of hydrogen-bond donors (Lipinski definition) is 6. The number of aliphatic hydroxyl groups is 4. The maximum atomic E-state index is 9.89. The molecule has 0 amide bonds. The third kappa shape index (κ3) is 4.61. The average molecular weight is 376 g/mol. The van der Waals surface area contributed by atoms with Crippen LogP contribution in [0.4, 0.5) is 0 Å². The maximum Gasteiger partial charge on any atom is 0.189 e. The summed E-state index contributed by atoms with van der Waals surface area (Å²) in [6, 6.07) is 7.07. The fourth-order valence-electron chi connectivity index (χ4n) is 2.12. The molecule has 1 aliphatic rings. The van der Waals surface area contributed by atoms with E-state index >= 15 is 0 Å². The van der Waals surface area contributed by atoms with Gasteiger partial charge in [0.1, 0.15) is 24.4 Å². The summed E-state index contributed by atoms with van der Waals surface area (Å²) in [4.78, 5) is 0. The molecule has 6 N–H and O–H groups in total. The van der Waals surface area contributed by atoms with E-state index in [0.717, 1.165) is 0 Å². The second kappa shape index (κ2) is 8.67. The Labute approximate surface area is 148 Å². The molecule has 0 aliphatic carbocycles. The van der Waals surface area contributed by atoms with E-state index in [4.69, 9.17) is 33.7 Å². The van der Waals surface area contributed by atoms with E-state index in [1.54, 1.807) is 24.3 Å². The van der Waals surface area contributed by atoms with Gasteiger partial charge in [0.2, 0.25) is 0 Å². The first-order valence-electron chi connectivity index (χ1n) is 7.08. The molecule has 132 valence electrons. The molecule has 0 bridgehead atoms. The number of hydrazone groups is 1. The van der Waals surface area contributed by atoms with E-state index in [0.29, 0.717) is 10.6 Å². The van der Waals surface area contributed by atoms with Crippen LogP contribution in [0, 0.1) is 0 Å². The Hall–Kier alpha value is -1.33. The van der Waals surface area contributed by atoms with Gasteiger partial charge in [-0.2, -0.15) is 5.10 Å². The lowest BCUT2D eigenvalue weighted by molar-refractivity contribution is -0.232. The predicted octanol–water partition coefficient (Wildman–Crippen LogP) is -1.06. The third-order valence-corrected chi connectivity index (χ3v) is 3.99. The van der Waals surface area contributed by atoms with Crippen LogP contribution in [0.3, 0.4) is 0 Å². The number of rotatable bonds is 4. The van der Waals surface area contributed by atoms with Crippen molar-refractivity contribution in [1.82, 2.24) is 10.7 Å². The van der Waals surface area contributed by atoms with Crippen LogP contribution in [-0.4, -0.2) is 69.0 Å². The highest BCUT2D eigenvalue weighted by atomic mass is 35.5. The third-order valence-electron chi connectivity index (χ3n) is 3.44. The number of thiocarbonyl (C=S) groups is 1. The lowest BCUT2D eigenvalue weighted by atomic mass is 9.98. The Morgan fingerprint density at radius 2 is 1.96 bits per heavy atom. The van der Waals surface area contributed by atoms with E-state index in [-0.39, 0.29) is 5.11 Å². The SMILES string of the molecule is OC[C@H]1O[C@@H](NC(=S)N/N=C/c2ccccc2Cl)[C@H](O)[C@@H](O)[C@@H]1O. The largest absolute Gasteiger partial charge is 0.394 e. The van der Waals surface area contributed by atoms with Crippen molar-refractivity contribution in [3.8, 4) is 0 Å². The number of aliphatic hydroxyl groups excluding tert-OH is 4. The van der Waals surface area contributed by atoms with Crippen LogP contribution in [0.15, 0.2) is 29.4 Å². The highest BCUT2D eigenvalue weighted by Crippen LogP contribution is 2.19. The van der Waals surface area contributed by atoms with Crippen molar-refractivity contribution in [1.29, 1.82) is 0 Å². The standard InChI is InChI=1S/C14H18ClN3O5S/c15-8-4-2-1-3-7(8)5-16-18-14(24)17-13-12(22)11(21)10(20)9(6-19)23-13/h1-5,9-13,19-22H,6H2,(H2,17,18,24)/b16-5+/t9-,10-,11+,12-,13-/m1/s1. The fourth-order valence-corrected chi connectivity index (χ4v) is 2.48.